The average Bonchev–Trinajstić information content (AvgIpc) is 2.64. The normalized spacial score (nSPS) is 13.7. The third-order valence-corrected chi connectivity index (χ3v) is 4.39. The van der Waals surface area contributed by atoms with Gasteiger partial charge >= 0.3 is 12.3 Å². The van der Waals surface area contributed by atoms with E-state index in [4.69, 9.17) is 15.2 Å². The van der Waals surface area contributed by atoms with E-state index in [-0.39, 0.29) is 18.3 Å². The van der Waals surface area contributed by atoms with Gasteiger partial charge in [0.1, 0.15) is 24.3 Å². The summed E-state index contributed by atoms with van der Waals surface area (Å²) in [5, 5.41) is 0. The second kappa shape index (κ2) is 9.32. The quantitative estimate of drug-likeness (QED) is 0.643. The Bertz CT molecular complexity index is 887. The van der Waals surface area contributed by atoms with Crippen LogP contribution in [0.25, 0.3) is 11.3 Å². The summed E-state index contributed by atoms with van der Waals surface area (Å²) in [6.45, 7) is 6.98. The summed E-state index contributed by atoms with van der Waals surface area (Å²) in [6, 6.07) is 5.38. The highest BCUT2D eigenvalue weighted by molar-refractivity contribution is 5.65. The molecule has 9 heteroatoms. The van der Waals surface area contributed by atoms with Gasteiger partial charge in [-0.25, -0.2) is 14.8 Å². The first-order valence-corrected chi connectivity index (χ1v) is 9.57. The molecule has 30 heavy (non-hydrogen) atoms. The van der Waals surface area contributed by atoms with E-state index in [2.05, 4.69) is 9.97 Å². The highest BCUT2D eigenvalue weighted by atomic mass is 19.4. The van der Waals surface area contributed by atoms with Crippen LogP contribution in [0.15, 0.2) is 30.6 Å². The van der Waals surface area contributed by atoms with E-state index in [1.54, 1.807) is 13.0 Å². The van der Waals surface area contributed by atoms with E-state index in [0.717, 1.165) is 11.8 Å². The number of nitrogens with zero attached hydrogens (tertiary/aromatic N) is 2. The number of ether oxygens (including phenoxy) is 2. The van der Waals surface area contributed by atoms with Crippen LogP contribution < -0.4 is 10.5 Å². The SMILES string of the molecule is CCc1cc(-c2ccc(OC[C@](C)(CC(C)C)OC(N)=O)c(C(F)(F)F)c2)ncn1. The molecule has 0 spiro atoms. The summed E-state index contributed by atoms with van der Waals surface area (Å²) < 4.78 is 51.7. The highest BCUT2D eigenvalue weighted by Crippen LogP contribution is 2.39. The summed E-state index contributed by atoms with van der Waals surface area (Å²) in [5.41, 5.74) is 4.43. The highest BCUT2D eigenvalue weighted by Gasteiger charge is 2.36. The number of aromatic nitrogens is 2. The van der Waals surface area contributed by atoms with Crippen molar-refractivity contribution in [3.8, 4) is 17.0 Å². The predicted octanol–water partition coefficient (Wildman–Crippen LogP) is 5.00. The lowest BCUT2D eigenvalue weighted by Gasteiger charge is -2.30. The van der Waals surface area contributed by atoms with Crippen molar-refractivity contribution in [1.82, 2.24) is 9.97 Å². The van der Waals surface area contributed by atoms with Crippen molar-refractivity contribution in [2.75, 3.05) is 6.61 Å². The molecule has 2 N–H and O–H groups in total. The maximum Gasteiger partial charge on any atom is 0.419 e. The van der Waals surface area contributed by atoms with Crippen molar-refractivity contribution in [3.05, 3.63) is 41.9 Å². The lowest BCUT2D eigenvalue weighted by Crippen LogP contribution is -2.41. The Morgan fingerprint density at radius 1 is 1.20 bits per heavy atom. The van der Waals surface area contributed by atoms with Crippen LogP contribution in [0.3, 0.4) is 0 Å². The van der Waals surface area contributed by atoms with Gasteiger partial charge in [0, 0.05) is 11.3 Å². The maximum absolute atomic E-state index is 13.7. The number of rotatable bonds is 8. The van der Waals surface area contributed by atoms with Crippen molar-refractivity contribution in [3.63, 3.8) is 0 Å². The number of carbonyl (C=O) groups is 1. The lowest BCUT2D eigenvalue weighted by atomic mass is 9.95. The molecule has 0 aliphatic carbocycles. The lowest BCUT2D eigenvalue weighted by molar-refractivity contribution is -0.139. The van der Waals surface area contributed by atoms with E-state index in [0.29, 0.717) is 24.1 Å². The van der Waals surface area contributed by atoms with Crippen molar-refractivity contribution in [2.45, 2.75) is 52.3 Å². The first kappa shape index (κ1) is 23.4. The Morgan fingerprint density at radius 2 is 1.90 bits per heavy atom. The topological polar surface area (TPSA) is 87.3 Å². The molecule has 1 heterocycles. The second-order valence-corrected chi connectivity index (χ2v) is 7.71. The van der Waals surface area contributed by atoms with Crippen LogP contribution >= 0.6 is 0 Å². The van der Waals surface area contributed by atoms with Gasteiger partial charge in [-0.15, -0.1) is 0 Å². The van der Waals surface area contributed by atoms with Crippen LogP contribution in [-0.4, -0.2) is 28.3 Å². The third-order valence-electron chi connectivity index (χ3n) is 4.39. The van der Waals surface area contributed by atoms with Crippen LogP contribution in [0.1, 0.15) is 45.4 Å². The average molecular weight is 425 g/mol. The summed E-state index contributed by atoms with van der Waals surface area (Å²) in [7, 11) is 0. The molecule has 1 aromatic heterocycles. The molecule has 2 aromatic rings. The molecule has 0 unspecified atom stereocenters. The molecule has 0 saturated heterocycles. The zero-order chi connectivity index (χ0) is 22.5. The Hall–Kier alpha value is -2.84. The third kappa shape index (κ3) is 6.33. The summed E-state index contributed by atoms with van der Waals surface area (Å²) in [6.07, 6.45) is -3.33. The second-order valence-electron chi connectivity index (χ2n) is 7.71. The number of hydrogen-bond donors (Lipinski definition) is 1. The van der Waals surface area contributed by atoms with Gasteiger partial charge in [0.25, 0.3) is 0 Å². The van der Waals surface area contributed by atoms with Gasteiger partial charge in [-0.3, -0.25) is 0 Å². The van der Waals surface area contributed by atoms with E-state index in [1.165, 1.54) is 18.5 Å². The fourth-order valence-electron chi connectivity index (χ4n) is 3.25. The number of benzene rings is 1. The number of nitrogens with two attached hydrogens (primary N) is 1. The monoisotopic (exact) mass is 425 g/mol. The van der Waals surface area contributed by atoms with Gasteiger partial charge in [0.05, 0.1) is 11.3 Å². The van der Waals surface area contributed by atoms with Gasteiger partial charge in [-0.2, -0.15) is 13.2 Å². The molecule has 0 aliphatic heterocycles. The van der Waals surface area contributed by atoms with Gasteiger partial charge in [-0.05, 0) is 49.9 Å². The number of primary amides is 1. The number of carbonyl (C=O) groups excluding carboxylic acids is 1. The molecule has 0 aliphatic rings. The molecule has 1 aromatic carbocycles. The summed E-state index contributed by atoms with van der Waals surface area (Å²) in [5.74, 6) is -0.257. The van der Waals surface area contributed by atoms with Crippen LogP contribution in [-0.2, 0) is 17.3 Å². The molecule has 1 atom stereocenters. The van der Waals surface area contributed by atoms with Crippen LogP contribution in [0, 0.1) is 5.92 Å². The zero-order valence-electron chi connectivity index (χ0n) is 17.4. The van der Waals surface area contributed by atoms with Crippen molar-refractivity contribution in [2.24, 2.45) is 11.7 Å². The number of halogens is 3. The smallest absolute Gasteiger partial charge is 0.419 e. The van der Waals surface area contributed by atoms with E-state index in [9.17, 15) is 18.0 Å². The van der Waals surface area contributed by atoms with Crippen molar-refractivity contribution in [1.29, 1.82) is 0 Å². The molecule has 0 radical (unpaired) electrons. The summed E-state index contributed by atoms with van der Waals surface area (Å²) >= 11 is 0. The van der Waals surface area contributed by atoms with E-state index in [1.807, 2.05) is 20.8 Å². The minimum absolute atomic E-state index is 0.105. The Morgan fingerprint density at radius 3 is 2.47 bits per heavy atom. The predicted molar refractivity (Wildman–Crippen MR) is 106 cm³/mol. The Kier molecular flexibility index (Phi) is 7.28. The first-order chi connectivity index (χ1) is 13.9. The minimum atomic E-state index is -4.65. The molecule has 6 nitrogen and oxygen atoms in total. The van der Waals surface area contributed by atoms with Gasteiger partial charge in [0.15, 0.2) is 0 Å². The largest absolute Gasteiger partial charge is 0.489 e. The van der Waals surface area contributed by atoms with Crippen molar-refractivity contribution >= 4 is 6.09 Å². The van der Waals surface area contributed by atoms with Gasteiger partial charge in [0.2, 0.25) is 0 Å². The fraction of sp³-hybridized carbons (Fsp3) is 0.476. The molecular formula is C21H26F3N3O3. The summed E-state index contributed by atoms with van der Waals surface area (Å²) in [4.78, 5) is 19.4. The molecule has 0 saturated carbocycles. The van der Waals surface area contributed by atoms with Crippen LogP contribution in [0.4, 0.5) is 18.0 Å². The number of hydrogen-bond acceptors (Lipinski definition) is 5. The molecular weight excluding hydrogens is 399 g/mol. The molecule has 164 valence electrons. The van der Waals surface area contributed by atoms with E-state index < -0.39 is 23.4 Å². The first-order valence-electron chi connectivity index (χ1n) is 9.57. The Labute approximate surface area is 173 Å². The van der Waals surface area contributed by atoms with Gasteiger partial charge in [-0.1, -0.05) is 20.8 Å². The van der Waals surface area contributed by atoms with Crippen LogP contribution in [0.2, 0.25) is 0 Å². The minimum Gasteiger partial charge on any atom is -0.489 e. The number of aryl methyl sites for hydroxylation is 1. The van der Waals surface area contributed by atoms with Gasteiger partial charge < -0.3 is 15.2 Å². The molecule has 1 amide bonds. The van der Waals surface area contributed by atoms with E-state index >= 15 is 0 Å². The van der Waals surface area contributed by atoms with Crippen molar-refractivity contribution < 1.29 is 27.4 Å². The molecule has 0 bridgehead atoms. The number of alkyl halides is 3. The zero-order valence-corrected chi connectivity index (χ0v) is 17.4. The molecule has 0 fully saturated rings. The molecule has 2 rings (SSSR count). The number of amides is 1. The Balaban J connectivity index is 2.36. The van der Waals surface area contributed by atoms with Crippen LogP contribution in [0.5, 0.6) is 5.75 Å². The standard InChI is InChI=1S/C21H26F3N3O3/c1-5-15-9-17(27-12-26-15)14-6-7-18(16(8-14)21(22,23)24)29-11-20(4,10-13(2)3)30-19(25)28/h6-9,12-13H,5,10-11H2,1-4H3,(H2,25,28)/t20-/m0/s1. The fourth-order valence-corrected chi connectivity index (χ4v) is 3.25. The maximum atomic E-state index is 13.7.